The molecular weight excluding hydrogens is 263 g/mol. The van der Waals surface area contributed by atoms with E-state index in [4.69, 9.17) is 5.73 Å². The normalized spacial score (nSPS) is 22.3. The molecule has 1 heterocycles. The number of hydrogen-bond acceptors (Lipinski definition) is 2. The van der Waals surface area contributed by atoms with Crippen LogP contribution in [0.4, 0.5) is 10.1 Å². The summed E-state index contributed by atoms with van der Waals surface area (Å²) in [5.41, 5.74) is 8.58. The van der Waals surface area contributed by atoms with Crippen LogP contribution in [-0.4, -0.2) is 19.6 Å². The van der Waals surface area contributed by atoms with Crippen LogP contribution in [0.5, 0.6) is 0 Å². The van der Waals surface area contributed by atoms with E-state index in [0.717, 1.165) is 25.9 Å². The van der Waals surface area contributed by atoms with Crippen molar-refractivity contribution in [2.45, 2.75) is 56.8 Å². The van der Waals surface area contributed by atoms with Crippen molar-refractivity contribution in [3.8, 4) is 0 Å². The summed E-state index contributed by atoms with van der Waals surface area (Å²) in [6.07, 6.45) is 9.73. The minimum absolute atomic E-state index is 0.00682. The van der Waals surface area contributed by atoms with E-state index in [0.29, 0.717) is 6.54 Å². The van der Waals surface area contributed by atoms with Crippen molar-refractivity contribution in [3.63, 3.8) is 0 Å². The third-order valence-electron chi connectivity index (χ3n) is 5.43. The Morgan fingerprint density at radius 2 is 1.67 bits per heavy atom. The molecule has 1 saturated heterocycles. The van der Waals surface area contributed by atoms with Gasteiger partial charge in [-0.2, -0.15) is 0 Å². The molecule has 1 aromatic carbocycles. The third kappa shape index (κ3) is 2.94. The Morgan fingerprint density at radius 3 is 2.33 bits per heavy atom. The Labute approximate surface area is 127 Å². The quantitative estimate of drug-likeness (QED) is 0.912. The van der Waals surface area contributed by atoms with Gasteiger partial charge in [-0.1, -0.05) is 19.3 Å². The van der Waals surface area contributed by atoms with Crippen LogP contribution < -0.4 is 10.6 Å². The standard InChI is InChI=1S/C18H27FN2/c19-15-7-8-17(21-11-5-2-6-12-21)16(13-15)18(14-20)9-3-1-4-10-18/h7-8,13H,1-6,9-12,14,20H2. The lowest BCUT2D eigenvalue weighted by atomic mass is 9.68. The van der Waals surface area contributed by atoms with Gasteiger partial charge in [-0.25, -0.2) is 4.39 Å². The molecule has 0 amide bonds. The highest BCUT2D eigenvalue weighted by Crippen LogP contribution is 2.43. The zero-order valence-electron chi connectivity index (χ0n) is 12.9. The summed E-state index contributed by atoms with van der Waals surface area (Å²) in [5.74, 6) is -0.121. The van der Waals surface area contributed by atoms with Gasteiger partial charge in [0.2, 0.25) is 0 Å². The largest absolute Gasteiger partial charge is 0.371 e. The number of nitrogens with zero attached hydrogens (tertiary/aromatic N) is 1. The van der Waals surface area contributed by atoms with Gasteiger partial charge in [-0.3, -0.25) is 0 Å². The Balaban J connectivity index is 2.00. The van der Waals surface area contributed by atoms with E-state index >= 15 is 0 Å². The molecule has 1 saturated carbocycles. The number of benzene rings is 1. The van der Waals surface area contributed by atoms with Gasteiger partial charge in [0.25, 0.3) is 0 Å². The van der Waals surface area contributed by atoms with Gasteiger partial charge in [0, 0.05) is 30.7 Å². The number of anilines is 1. The minimum atomic E-state index is -0.121. The Morgan fingerprint density at radius 1 is 1.00 bits per heavy atom. The molecule has 0 radical (unpaired) electrons. The maximum atomic E-state index is 13.9. The van der Waals surface area contributed by atoms with Crippen LogP contribution >= 0.6 is 0 Å². The molecule has 116 valence electrons. The van der Waals surface area contributed by atoms with E-state index in [1.54, 1.807) is 12.1 Å². The molecule has 3 rings (SSSR count). The number of piperidine rings is 1. The Kier molecular flexibility index (Phi) is 4.48. The molecule has 2 aliphatic rings. The van der Waals surface area contributed by atoms with Crippen LogP contribution in [-0.2, 0) is 5.41 Å². The molecule has 0 atom stereocenters. The minimum Gasteiger partial charge on any atom is -0.371 e. The highest BCUT2D eigenvalue weighted by Gasteiger charge is 2.35. The first-order chi connectivity index (χ1) is 10.2. The first-order valence-electron chi connectivity index (χ1n) is 8.50. The number of hydrogen-bond donors (Lipinski definition) is 1. The molecule has 2 nitrogen and oxygen atoms in total. The first-order valence-corrected chi connectivity index (χ1v) is 8.50. The number of rotatable bonds is 3. The molecule has 0 spiro atoms. The Bertz CT molecular complexity index is 474. The summed E-state index contributed by atoms with van der Waals surface area (Å²) < 4.78 is 13.9. The third-order valence-corrected chi connectivity index (χ3v) is 5.43. The molecule has 1 aliphatic heterocycles. The van der Waals surface area contributed by atoms with Crippen LogP contribution in [0, 0.1) is 5.82 Å². The van der Waals surface area contributed by atoms with Crippen molar-refractivity contribution >= 4 is 5.69 Å². The first kappa shape index (κ1) is 14.8. The second-order valence-electron chi connectivity index (χ2n) is 6.75. The van der Waals surface area contributed by atoms with Gasteiger partial charge in [0.1, 0.15) is 5.82 Å². The lowest BCUT2D eigenvalue weighted by Gasteiger charge is -2.41. The molecule has 0 bridgehead atoms. The van der Waals surface area contributed by atoms with Crippen molar-refractivity contribution < 1.29 is 4.39 Å². The molecule has 1 aliphatic carbocycles. The van der Waals surface area contributed by atoms with Gasteiger partial charge in [0.05, 0.1) is 0 Å². The van der Waals surface area contributed by atoms with Crippen molar-refractivity contribution in [2.75, 3.05) is 24.5 Å². The molecule has 21 heavy (non-hydrogen) atoms. The maximum Gasteiger partial charge on any atom is 0.123 e. The maximum absolute atomic E-state index is 13.9. The van der Waals surface area contributed by atoms with Crippen LogP contribution in [0.25, 0.3) is 0 Å². The van der Waals surface area contributed by atoms with Crippen LogP contribution in [0.1, 0.15) is 56.9 Å². The van der Waals surface area contributed by atoms with Crippen molar-refractivity contribution in [2.24, 2.45) is 5.73 Å². The van der Waals surface area contributed by atoms with E-state index in [1.807, 2.05) is 6.07 Å². The topological polar surface area (TPSA) is 29.3 Å². The second kappa shape index (κ2) is 6.35. The number of halogens is 1. The molecule has 3 heteroatoms. The summed E-state index contributed by atoms with van der Waals surface area (Å²) in [4.78, 5) is 2.45. The monoisotopic (exact) mass is 290 g/mol. The molecule has 2 fully saturated rings. The van der Waals surface area contributed by atoms with Gasteiger partial charge in [-0.05, 0) is 55.9 Å². The van der Waals surface area contributed by atoms with Crippen molar-refractivity contribution in [1.82, 2.24) is 0 Å². The molecular formula is C18H27FN2. The average Bonchev–Trinajstić information content (AvgIpc) is 2.56. The van der Waals surface area contributed by atoms with Crippen LogP contribution in [0.3, 0.4) is 0 Å². The average molecular weight is 290 g/mol. The predicted molar refractivity (Wildman–Crippen MR) is 86.3 cm³/mol. The van der Waals surface area contributed by atoms with E-state index in [-0.39, 0.29) is 11.2 Å². The lowest BCUT2D eigenvalue weighted by molar-refractivity contribution is 0.300. The van der Waals surface area contributed by atoms with Gasteiger partial charge < -0.3 is 10.6 Å². The molecule has 0 unspecified atom stereocenters. The molecule has 1 aromatic rings. The zero-order valence-corrected chi connectivity index (χ0v) is 12.9. The lowest BCUT2D eigenvalue weighted by Crippen LogP contribution is -2.40. The van der Waals surface area contributed by atoms with E-state index < -0.39 is 0 Å². The zero-order chi connectivity index (χ0) is 14.7. The van der Waals surface area contributed by atoms with Gasteiger partial charge in [0.15, 0.2) is 0 Å². The summed E-state index contributed by atoms with van der Waals surface area (Å²) >= 11 is 0. The summed E-state index contributed by atoms with van der Waals surface area (Å²) in [5, 5.41) is 0. The van der Waals surface area contributed by atoms with Gasteiger partial charge in [-0.15, -0.1) is 0 Å². The second-order valence-corrected chi connectivity index (χ2v) is 6.75. The van der Waals surface area contributed by atoms with Gasteiger partial charge >= 0.3 is 0 Å². The summed E-state index contributed by atoms with van der Waals surface area (Å²) in [6.45, 7) is 2.83. The summed E-state index contributed by atoms with van der Waals surface area (Å²) in [7, 11) is 0. The van der Waals surface area contributed by atoms with Crippen LogP contribution in [0.2, 0.25) is 0 Å². The molecule has 2 N–H and O–H groups in total. The summed E-state index contributed by atoms with van der Waals surface area (Å²) in [6, 6.07) is 5.37. The smallest absolute Gasteiger partial charge is 0.123 e. The number of nitrogens with two attached hydrogens (primary N) is 1. The fraction of sp³-hybridized carbons (Fsp3) is 0.667. The fourth-order valence-electron chi connectivity index (χ4n) is 4.16. The SMILES string of the molecule is NCC1(c2cc(F)ccc2N2CCCCC2)CCCCC1. The van der Waals surface area contributed by atoms with Crippen molar-refractivity contribution in [1.29, 1.82) is 0 Å². The highest BCUT2D eigenvalue weighted by molar-refractivity contribution is 5.57. The highest BCUT2D eigenvalue weighted by atomic mass is 19.1. The van der Waals surface area contributed by atoms with Crippen molar-refractivity contribution in [3.05, 3.63) is 29.6 Å². The predicted octanol–water partition coefficient (Wildman–Crippen LogP) is 3.98. The van der Waals surface area contributed by atoms with E-state index in [9.17, 15) is 4.39 Å². The van der Waals surface area contributed by atoms with E-state index in [2.05, 4.69) is 4.90 Å². The molecule has 0 aromatic heterocycles. The Hall–Kier alpha value is -1.09. The fourth-order valence-corrected chi connectivity index (χ4v) is 4.16. The van der Waals surface area contributed by atoms with Crippen LogP contribution in [0.15, 0.2) is 18.2 Å². The van der Waals surface area contributed by atoms with E-state index in [1.165, 1.54) is 49.8 Å².